The summed E-state index contributed by atoms with van der Waals surface area (Å²) in [5.41, 5.74) is 20.6. The Bertz CT molecular complexity index is 742. The van der Waals surface area contributed by atoms with Crippen molar-refractivity contribution < 1.29 is 4.74 Å². The van der Waals surface area contributed by atoms with Gasteiger partial charge in [-0.25, -0.2) is 4.99 Å². The molecular formula is C18H25Cl3N4O. The number of nitrogens with zero attached hydrogens (tertiary/aromatic N) is 1. The van der Waals surface area contributed by atoms with Gasteiger partial charge in [0.15, 0.2) is 6.10 Å². The van der Waals surface area contributed by atoms with Gasteiger partial charge in [-0.1, -0.05) is 36.4 Å². The first-order chi connectivity index (χ1) is 11.0. The van der Waals surface area contributed by atoms with Crippen LogP contribution in [-0.2, 0) is 12.0 Å². The standard InChI is InChI=1S/C18H22N4O.3ClH/c1-12-17(20)22-15-9-14(7-8-16(15)23-12)18(21,11-19)10-13-5-3-2-4-6-13;;;/h2-9,12H,10-11,19,21H2,1H3,(H2,20,22);3*1H. The first kappa shape index (κ1) is 24.5. The van der Waals surface area contributed by atoms with Crippen LogP contribution in [0.15, 0.2) is 53.5 Å². The van der Waals surface area contributed by atoms with E-state index in [-0.39, 0.29) is 43.3 Å². The van der Waals surface area contributed by atoms with Crippen LogP contribution in [0.2, 0.25) is 0 Å². The smallest absolute Gasteiger partial charge is 0.153 e. The van der Waals surface area contributed by atoms with E-state index in [9.17, 15) is 0 Å². The van der Waals surface area contributed by atoms with Gasteiger partial charge in [-0.15, -0.1) is 37.2 Å². The van der Waals surface area contributed by atoms with Crippen LogP contribution in [0.4, 0.5) is 5.69 Å². The zero-order valence-electron chi connectivity index (χ0n) is 14.4. The number of nitrogens with two attached hydrogens (primary N) is 3. The minimum absolute atomic E-state index is 0. The van der Waals surface area contributed by atoms with Gasteiger partial charge in [-0.05, 0) is 36.6 Å². The Morgan fingerprint density at radius 3 is 2.35 bits per heavy atom. The van der Waals surface area contributed by atoms with E-state index in [1.807, 2.05) is 43.3 Å². The van der Waals surface area contributed by atoms with Gasteiger partial charge in [0.2, 0.25) is 0 Å². The zero-order chi connectivity index (χ0) is 16.4. The Morgan fingerprint density at radius 2 is 1.73 bits per heavy atom. The summed E-state index contributed by atoms with van der Waals surface area (Å²) < 4.78 is 5.74. The van der Waals surface area contributed by atoms with E-state index in [4.69, 9.17) is 21.9 Å². The highest BCUT2D eigenvalue weighted by atomic mass is 35.5. The summed E-state index contributed by atoms with van der Waals surface area (Å²) in [5.74, 6) is 1.18. The van der Waals surface area contributed by atoms with Gasteiger partial charge in [0.25, 0.3) is 0 Å². The first-order valence-electron chi connectivity index (χ1n) is 7.70. The summed E-state index contributed by atoms with van der Waals surface area (Å²) in [6, 6.07) is 15.9. The quantitative estimate of drug-likeness (QED) is 0.709. The van der Waals surface area contributed by atoms with Gasteiger partial charge < -0.3 is 21.9 Å². The fourth-order valence-electron chi connectivity index (χ4n) is 2.75. The fourth-order valence-corrected chi connectivity index (χ4v) is 2.75. The second kappa shape index (κ2) is 10.00. The molecule has 0 saturated heterocycles. The number of hydrogen-bond acceptors (Lipinski definition) is 5. The Balaban J connectivity index is 0.00000208. The van der Waals surface area contributed by atoms with E-state index in [1.165, 1.54) is 0 Å². The molecule has 1 aliphatic heterocycles. The number of halogens is 3. The second-order valence-electron chi connectivity index (χ2n) is 6.00. The number of hydrogen-bond donors (Lipinski definition) is 3. The van der Waals surface area contributed by atoms with Crippen LogP contribution in [0.3, 0.4) is 0 Å². The van der Waals surface area contributed by atoms with Crippen LogP contribution in [0.1, 0.15) is 18.1 Å². The van der Waals surface area contributed by atoms with Gasteiger partial charge in [0, 0.05) is 6.54 Å². The number of aliphatic imine (C=N–C) groups is 1. The van der Waals surface area contributed by atoms with Crippen LogP contribution in [0.5, 0.6) is 5.75 Å². The van der Waals surface area contributed by atoms with E-state index in [1.54, 1.807) is 0 Å². The molecule has 144 valence electrons. The predicted octanol–water partition coefficient (Wildman–Crippen LogP) is 3.08. The van der Waals surface area contributed by atoms with Crippen molar-refractivity contribution >= 4 is 48.7 Å². The van der Waals surface area contributed by atoms with E-state index < -0.39 is 5.54 Å². The van der Waals surface area contributed by atoms with Crippen molar-refractivity contribution in [2.75, 3.05) is 6.54 Å². The number of amidine groups is 1. The monoisotopic (exact) mass is 418 g/mol. The molecule has 0 spiro atoms. The van der Waals surface area contributed by atoms with Gasteiger partial charge in [-0.2, -0.15) is 0 Å². The molecule has 2 aromatic carbocycles. The van der Waals surface area contributed by atoms with Crippen LogP contribution >= 0.6 is 37.2 Å². The highest BCUT2D eigenvalue weighted by Gasteiger charge is 2.28. The second-order valence-corrected chi connectivity index (χ2v) is 6.00. The molecule has 2 atom stereocenters. The van der Waals surface area contributed by atoms with E-state index >= 15 is 0 Å². The van der Waals surface area contributed by atoms with Crippen molar-refractivity contribution in [2.45, 2.75) is 25.0 Å². The lowest BCUT2D eigenvalue weighted by molar-refractivity contribution is 0.281. The highest BCUT2D eigenvalue weighted by molar-refractivity contribution is 5.89. The molecule has 0 amide bonds. The maximum Gasteiger partial charge on any atom is 0.153 e. The summed E-state index contributed by atoms with van der Waals surface area (Å²) in [7, 11) is 0. The molecule has 2 aromatic rings. The average molecular weight is 420 g/mol. The molecule has 6 N–H and O–H groups in total. The molecule has 0 radical (unpaired) electrons. The number of rotatable bonds is 4. The molecule has 2 unspecified atom stereocenters. The highest BCUT2D eigenvalue weighted by Crippen LogP contribution is 2.35. The van der Waals surface area contributed by atoms with Crippen molar-refractivity contribution in [3.63, 3.8) is 0 Å². The number of ether oxygens (including phenoxy) is 1. The third-order valence-corrected chi connectivity index (χ3v) is 4.23. The molecular weight excluding hydrogens is 395 g/mol. The van der Waals surface area contributed by atoms with Crippen molar-refractivity contribution in [2.24, 2.45) is 22.2 Å². The molecule has 8 heteroatoms. The van der Waals surface area contributed by atoms with Crippen molar-refractivity contribution in [3.05, 3.63) is 59.7 Å². The Morgan fingerprint density at radius 1 is 1.08 bits per heavy atom. The van der Waals surface area contributed by atoms with Crippen LogP contribution in [-0.4, -0.2) is 18.5 Å². The molecule has 26 heavy (non-hydrogen) atoms. The van der Waals surface area contributed by atoms with Crippen molar-refractivity contribution in [1.29, 1.82) is 0 Å². The lowest BCUT2D eigenvalue weighted by Crippen LogP contribution is -2.46. The lowest BCUT2D eigenvalue weighted by Gasteiger charge is -2.30. The number of benzene rings is 2. The summed E-state index contributed by atoms with van der Waals surface area (Å²) in [6.07, 6.45) is 0.439. The summed E-state index contributed by atoms with van der Waals surface area (Å²) >= 11 is 0. The van der Waals surface area contributed by atoms with Crippen LogP contribution < -0.4 is 21.9 Å². The largest absolute Gasteiger partial charge is 0.481 e. The normalized spacial score (nSPS) is 17.0. The molecule has 0 bridgehead atoms. The molecule has 1 aliphatic rings. The molecule has 5 nitrogen and oxygen atoms in total. The average Bonchev–Trinajstić information content (AvgIpc) is 2.56. The zero-order valence-corrected chi connectivity index (χ0v) is 16.9. The number of fused-ring (bicyclic) bond motifs is 1. The Kier molecular flexibility index (Phi) is 9.42. The third-order valence-electron chi connectivity index (χ3n) is 4.23. The lowest BCUT2D eigenvalue weighted by atomic mass is 9.84. The molecule has 0 saturated carbocycles. The minimum Gasteiger partial charge on any atom is -0.481 e. The van der Waals surface area contributed by atoms with Gasteiger partial charge in [0.1, 0.15) is 17.3 Å². The Hall–Kier alpha value is -1.50. The molecule has 0 aromatic heterocycles. The minimum atomic E-state index is -0.663. The van der Waals surface area contributed by atoms with Crippen molar-refractivity contribution in [3.8, 4) is 5.75 Å². The summed E-state index contributed by atoms with van der Waals surface area (Å²) in [5, 5.41) is 0. The summed E-state index contributed by atoms with van der Waals surface area (Å²) in [4.78, 5) is 4.42. The molecule has 0 aliphatic carbocycles. The van der Waals surface area contributed by atoms with E-state index in [0.29, 0.717) is 24.5 Å². The third kappa shape index (κ3) is 5.02. The van der Waals surface area contributed by atoms with Crippen LogP contribution in [0, 0.1) is 0 Å². The van der Waals surface area contributed by atoms with Crippen LogP contribution in [0.25, 0.3) is 0 Å². The van der Waals surface area contributed by atoms with Crippen molar-refractivity contribution in [1.82, 2.24) is 0 Å². The van der Waals surface area contributed by atoms with E-state index in [2.05, 4.69) is 17.1 Å². The van der Waals surface area contributed by atoms with Gasteiger partial charge in [-0.3, -0.25) is 0 Å². The maximum absolute atomic E-state index is 6.60. The topological polar surface area (TPSA) is 99.6 Å². The van der Waals surface area contributed by atoms with Gasteiger partial charge >= 0.3 is 0 Å². The van der Waals surface area contributed by atoms with E-state index in [0.717, 1.165) is 16.9 Å². The maximum atomic E-state index is 6.60. The predicted molar refractivity (Wildman–Crippen MR) is 115 cm³/mol. The van der Waals surface area contributed by atoms with Gasteiger partial charge in [0.05, 0.1) is 5.54 Å². The molecule has 3 rings (SSSR count). The fraction of sp³-hybridized carbons (Fsp3) is 0.278. The Labute approximate surface area is 172 Å². The first-order valence-corrected chi connectivity index (χ1v) is 7.70. The SMILES string of the molecule is CC1Oc2ccc(C(N)(CN)Cc3ccccc3)cc2N=C1N.Cl.Cl.Cl. The molecule has 0 fully saturated rings. The summed E-state index contributed by atoms with van der Waals surface area (Å²) in [6.45, 7) is 2.20. The molecule has 1 heterocycles.